The predicted molar refractivity (Wildman–Crippen MR) is 94.4 cm³/mol. The van der Waals surface area contributed by atoms with Crippen molar-refractivity contribution >= 4 is 60.0 Å². The summed E-state index contributed by atoms with van der Waals surface area (Å²) in [5.74, 6) is -0.243. The van der Waals surface area contributed by atoms with Crippen LogP contribution in [0, 0.1) is 3.57 Å². The molecule has 2 aromatic rings. The zero-order chi connectivity index (χ0) is 15.6. The maximum atomic E-state index is 12.2. The van der Waals surface area contributed by atoms with Crippen LogP contribution in [0.3, 0.4) is 0 Å². The standard InChI is InChI=1S/C14H11BrINO3S/c1-21(19,20)11-5-3-10(4-6-11)17-14(18)12-8-9(15)2-7-13(12)16/h2-8H,1H3,(H,17,18). The van der Waals surface area contributed by atoms with E-state index in [0.717, 1.165) is 14.3 Å². The molecule has 21 heavy (non-hydrogen) atoms. The predicted octanol–water partition coefficient (Wildman–Crippen LogP) is 3.71. The maximum Gasteiger partial charge on any atom is 0.256 e. The quantitative estimate of drug-likeness (QED) is 0.682. The molecule has 0 bridgehead atoms. The number of carbonyl (C=O) groups excluding carboxylic acids is 1. The Labute approximate surface area is 145 Å². The zero-order valence-corrected chi connectivity index (χ0v) is 15.5. The van der Waals surface area contributed by atoms with Crippen LogP contribution in [-0.4, -0.2) is 20.6 Å². The van der Waals surface area contributed by atoms with E-state index in [2.05, 4.69) is 43.8 Å². The van der Waals surface area contributed by atoms with Gasteiger partial charge in [-0.2, -0.15) is 0 Å². The number of hydrogen-bond donors (Lipinski definition) is 1. The van der Waals surface area contributed by atoms with Gasteiger partial charge in [-0.15, -0.1) is 0 Å². The Morgan fingerprint density at radius 3 is 2.33 bits per heavy atom. The van der Waals surface area contributed by atoms with Gasteiger partial charge in [0.2, 0.25) is 0 Å². The Balaban J connectivity index is 2.22. The molecule has 0 fully saturated rings. The monoisotopic (exact) mass is 479 g/mol. The van der Waals surface area contributed by atoms with E-state index in [1.165, 1.54) is 12.1 Å². The number of halogens is 2. The molecule has 0 aliphatic carbocycles. The lowest BCUT2D eigenvalue weighted by Gasteiger charge is -2.08. The van der Waals surface area contributed by atoms with Crippen molar-refractivity contribution in [1.82, 2.24) is 0 Å². The molecule has 0 atom stereocenters. The average Bonchev–Trinajstić information content (AvgIpc) is 2.41. The molecular formula is C14H11BrINO3S. The van der Waals surface area contributed by atoms with Crippen molar-refractivity contribution in [2.75, 3.05) is 11.6 Å². The molecule has 4 nitrogen and oxygen atoms in total. The van der Waals surface area contributed by atoms with Crippen LogP contribution in [0.1, 0.15) is 10.4 Å². The molecular weight excluding hydrogens is 469 g/mol. The Morgan fingerprint density at radius 2 is 1.76 bits per heavy atom. The first-order valence-corrected chi connectivity index (χ1v) is 9.60. The van der Waals surface area contributed by atoms with Crippen molar-refractivity contribution in [3.05, 3.63) is 56.1 Å². The van der Waals surface area contributed by atoms with Crippen LogP contribution in [-0.2, 0) is 9.84 Å². The van der Waals surface area contributed by atoms with Crippen LogP contribution in [0.4, 0.5) is 5.69 Å². The van der Waals surface area contributed by atoms with Gasteiger partial charge >= 0.3 is 0 Å². The third-order valence-electron chi connectivity index (χ3n) is 2.71. The molecule has 0 spiro atoms. The number of nitrogens with one attached hydrogen (secondary N) is 1. The second-order valence-corrected chi connectivity index (χ2v) is 8.47. The van der Waals surface area contributed by atoms with Gasteiger partial charge in [-0.1, -0.05) is 15.9 Å². The number of rotatable bonds is 3. The van der Waals surface area contributed by atoms with Crippen LogP contribution in [0.2, 0.25) is 0 Å². The Kier molecular flexibility index (Phi) is 5.05. The molecule has 2 aromatic carbocycles. The molecule has 1 amide bonds. The lowest BCUT2D eigenvalue weighted by Crippen LogP contribution is -2.13. The summed E-state index contributed by atoms with van der Waals surface area (Å²) in [5, 5.41) is 2.75. The first-order valence-electron chi connectivity index (χ1n) is 5.84. The summed E-state index contributed by atoms with van der Waals surface area (Å²) in [6.45, 7) is 0. The van der Waals surface area contributed by atoms with E-state index in [9.17, 15) is 13.2 Å². The molecule has 0 aromatic heterocycles. The highest BCUT2D eigenvalue weighted by Crippen LogP contribution is 2.20. The van der Waals surface area contributed by atoms with Crippen LogP contribution in [0.15, 0.2) is 51.8 Å². The van der Waals surface area contributed by atoms with E-state index in [1.54, 1.807) is 18.2 Å². The molecule has 0 saturated heterocycles. The molecule has 0 radical (unpaired) electrons. The van der Waals surface area contributed by atoms with Gasteiger partial charge in [0.25, 0.3) is 5.91 Å². The van der Waals surface area contributed by atoms with E-state index in [4.69, 9.17) is 0 Å². The van der Waals surface area contributed by atoms with Gasteiger partial charge in [0.15, 0.2) is 9.84 Å². The summed E-state index contributed by atoms with van der Waals surface area (Å²) in [6, 6.07) is 11.5. The van der Waals surface area contributed by atoms with Gasteiger partial charge in [-0.25, -0.2) is 8.42 Å². The molecule has 110 valence electrons. The summed E-state index contributed by atoms with van der Waals surface area (Å²) in [6.07, 6.45) is 1.14. The molecule has 0 heterocycles. The Bertz CT molecular complexity index is 788. The van der Waals surface area contributed by atoms with E-state index < -0.39 is 9.84 Å². The lowest BCUT2D eigenvalue weighted by atomic mass is 10.2. The number of hydrogen-bond acceptors (Lipinski definition) is 3. The normalized spacial score (nSPS) is 11.2. The highest BCUT2D eigenvalue weighted by molar-refractivity contribution is 14.1. The fourth-order valence-corrected chi connectivity index (χ4v) is 3.23. The summed E-state index contributed by atoms with van der Waals surface area (Å²) < 4.78 is 24.4. The average molecular weight is 480 g/mol. The lowest BCUT2D eigenvalue weighted by molar-refractivity contribution is 0.102. The van der Waals surface area contributed by atoms with Gasteiger partial charge in [0.1, 0.15) is 0 Å². The van der Waals surface area contributed by atoms with Crippen LogP contribution in [0.25, 0.3) is 0 Å². The minimum Gasteiger partial charge on any atom is -0.322 e. The SMILES string of the molecule is CS(=O)(=O)c1ccc(NC(=O)c2cc(Br)ccc2I)cc1. The third kappa shape index (κ3) is 4.27. The summed E-state index contributed by atoms with van der Waals surface area (Å²) in [4.78, 5) is 12.4. The van der Waals surface area contributed by atoms with Crippen molar-refractivity contribution in [1.29, 1.82) is 0 Å². The van der Waals surface area contributed by atoms with Crippen LogP contribution < -0.4 is 5.32 Å². The smallest absolute Gasteiger partial charge is 0.256 e. The van der Waals surface area contributed by atoms with Gasteiger partial charge in [0, 0.05) is 20.0 Å². The first-order chi connectivity index (χ1) is 9.77. The molecule has 0 unspecified atom stereocenters. The number of benzene rings is 2. The van der Waals surface area contributed by atoms with Gasteiger partial charge in [-0.05, 0) is 65.1 Å². The van der Waals surface area contributed by atoms with Gasteiger partial charge in [-0.3, -0.25) is 4.79 Å². The fraction of sp³-hybridized carbons (Fsp3) is 0.0714. The Morgan fingerprint density at radius 1 is 1.14 bits per heavy atom. The first kappa shape index (κ1) is 16.4. The molecule has 2 rings (SSSR count). The van der Waals surface area contributed by atoms with Crippen molar-refractivity contribution < 1.29 is 13.2 Å². The largest absolute Gasteiger partial charge is 0.322 e. The number of carbonyl (C=O) groups is 1. The molecule has 7 heteroatoms. The van der Waals surface area contributed by atoms with E-state index >= 15 is 0 Å². The van der Waals surface area contributed by atoms with Crippen LogP contribution >= 0.6 is 38.5 Å². The topological polar surface area (TPSA) is 63.2 Å². The molecule has 0 aliphatic rings. The second kappa shape index (κ2) is 6.45. The van der Waals surface area contributed by atoms with Crippen molar-refractivity contribution in [2.45, 2.75) is 4.90 Å². The van der Waals surface area contributed by atoms with Crippen LogP contribution in [0.5, 0.6) is 0 Å². The minimum atomic E-state index is -3.23. The summed E-state index contributed by atoms with van der Waals surface area (Å²) >= 11 is 5.42. The van der Waals surface area contributed by atoms with Crippen molar-refractivity contribution in [3.63, 3.8) is 0 Å². The van der Waals surface area contributed by atoms with Gasteiger partial charge < -0.3 is 5.32 Å². The third-order valence-corrected chi connectivity index (χ3v) is 5.28. The van der Waals surface area contributed by atoms with Crippen molar-refractivity contribution in [2.24, 2.45) is 0 Å². The maximum absolute atomic E-state index is 12.2. The van der Waals surface area contributed by atoms with Crippen molar-refractivity contribution in [3.8, 4) is 0 Å². The molecule has 0 saturated carbocycles. The van der Waals surface area contributed by atoms with Gasteiger partial charge in [0.05, 0.1) is 10.5 Å². The molecule has 1 N–H and O–H groups in total. The Hall–Kier alpha value is -0.930. The van der Waals surface area contributed by atoms with E-state index in [1.807, 2.05) is 12.1 Å². The number of sulfone groups is 1. The van der Waals surface area contributed by atoms with E-state index in [-0.39, 0.29) is 10.8 Å². The van der Waals surface area contributed by atoms with E-state index in [0.29, 0.717) is 11.3 Å². The number of amides is 1. The number of anilines is 1. The fourth-order valence-electron chi connectivity index (χ4n) is 1.66. The second-order valence-electron chi connectivity index (χ2n) is 4.37. The minimum absolute atomic E-state index is 0.220. The summed E-state index contributed by atoms with van der Waals surface area (Å²) in [5.41, 5.74) is 1.10. The summed E-state index contributed by atoms with van der Waals surface area (Å²) in [7, 11) is -3.23. The highest BCUT2D eigenvalue weighted by atomic mass is 127. The zero-order valence-electron chi connectivity index (χ0n) is 10.9. The highest BCUT2D eigenvalue weighted by Gasteiger charge is 2.12. The molecule has 0 aliphatic heterocycles.